The average Bonchev–Trinajstić information content (AvgIpc) is 2.82. The molecule has 7 heteroatoms. The fourth-order valence-corrected chi connectivity index (χ4v) is 3.96. The van der Waals surface area contributed by atoms with Gasteiger partial charge in [-0.25, -0.2) is 4.79 Å². The number of para-hydroxylation sites is 1. The molecule has 7 nitrogen and oxygen atoms in total. The van der Waals surface area contributed by atoms with Gasteiger partial charge in [-0.1, -0.05) is 62.2 Å². The van der Waals surface area contributed by atoms with Crippen LogP contribution in [0.2, 0.25) is 0 Å². The molecule has 1 unspecified atom stereocenters. The van der Waals surface area contributed by atoms with Crippen molar-refractivity contribution in [2.45, 2.75) is 45.6 Å². The average molecular weight is 462 g/mol. The van der Waals surface area contributed by atoms with Crippen LogP contribution in [0.25, 0.3) is 10.8 Å². The van der Waals surface area contributed by atoms with Crippen molar-refractivity contribution in [2.75, 3.05) is 11.9 Å². The molecule has 34 heavy (non-hydrogen) atoms. The molecule has 0 aromatic heterocycles. The minimum Gasteiger partial charge on any atom is -0.478 e. The number of aromatic carboxylic acids is 1. The lowest BCUT2D eigenvalue weighted by molar-refractivity contribution is -0.128. The smallest absolute Gasteiger partial charge is 0.337 e. The van der Waals surface area contributed by atoms with E-state index in [1.165, 1.54) is 6.92 Å². The Labute approximate surface area is 199 Å². The number of rotatable bonds is 11. The van der Waals surface area contributed by atoms with E-state index in [-0.39, 0.29) is 17.4 Å². The highest BCUT2D eigenvalue weighted by Crippen LogP contribution is 2.31. The van der Waals surface area contributed by atoms with Gasteiger partial charge in [0, 0.05) is 31.0 Å². The first-order valence-electron chi connectivity index (χ1n) is 11.6. The van der Waals surface area contributed by atoms with Gasteiger partial charge in [-0.05, 0) is 35.6 Å². The summed E-state index contributed by atoms with van der Waals surface area (Å²) >= 11 is 0. The Kier molecular flexibility index (Phi) is 8.62. The fourth-order valence-electron chi connectivity index (χ4n) is 3.96. The fraction of sp³-hybridized carbons (Fsp3) is 0.296. The first-order valence-corrected chi connectivity index (χ1v) is 11.6. The number of fused-ring (bicyclic) bond motifs is 1. The third-order valence-corrected chi connectivity index (χ3v) is 5.64. The molecular weight excluding hydrogens is 430 g/mol. The minimum absolute atomic E-state index is 0.182. The van der Waals surface area contributed by atoms with E-state index in [1.807, 2.05) is 36.4 Å². The van der Waals surface area contributed by atoms with E-state index in [1.54, 1.807) is 24.3 Å². The third kappa shape index (κ3) is 6.34. The lowest BCUT2D eigenvalue weighted by atomic mass is 9.96. The second kappa shape index (κ2) is 11.8. The molecule has 0 aliphatic rings. The van der Waals surface area contributed by atoms with Crippen LogP contribution in [-0.2, 0) is 16.0 Å². The molecule has 2 amide bonds. The van der Waals surface area contributed by atoms with Gasteiger partial charge < -0.3 is 21.1 Å². The number of unbranched alkanes of at least 4 members (excludes halogenated alkanes) is 2. The topological polar surface area (TPSA) is 108 Å². The summed E-state index contributed by atoms with van der Waals surface area (Å²) in [6, 6.07) is 17.6. The van der Waals surface area contributed by atoms with Crippen molar-refractivity contribution in [3.63, 3.8) is 0 Å². The summed E-state index contributed by atoms with van der Waals surface area (Å²) in [7, 11) is 0. The van der Waals surface area contributed by atoms with Gasteiger partial charge in [0.05, 0.1) is 11.3 Å². The Balaban J connectivity index is 1.89. The van der Waals surface area contributed by atoms with Crippen molar-refractivity contribution in [2.24, 2.45) is 0 Å². The van der Waals surface area contributed by atoms with Crippen LogP contribution in [0.4, 0.5) is 11.4 Å². The number of carboxylic acid groups (broad SMARTS) is 1. The Morgan fingerprint density at radius 3 is 2.29 bits per heavy atom. The highest BCUT2D eigenvalue weighted by Gasteiger charge is 2.21. The molecule has 3 aromatic carbocycles. The normalized spacial score (nSPS) is 11.6. The predicted octanol–water partition coefficient (Wildman–Crippen LogP) is 4.64. The molecule has 0 radical (unpaired) electrons. The summed E-state index contributed by atoms with van der Waals surface area (Å²) in [5, 5.41) is 20.3. The van der Waals surface area contributed by atoms with Crippen molar-refractivity contribution < 1.29 is 19.5 Å². The molecule has 0 aliphatic carbocycles. The largest absolute Gasteiger partial charge is 0.478 e. The molecule has 0 spiro atoms. The molecule has 4 N–H and O–H groups in total. The summed E-state index contributed by atoms with van der Waals surface area (Å²) in [6.45, 7) is 4.09. The van der Waals surface area contributed by atoms with Gasteiger partial charge in [-0.3, -0.25) is 9.59 Å². The summed E-state index contributed by atoms with van der Waals surface area (Å²) in [6.07, 6.45) is 3.34. The number of amides is 2. The van der Waals surface area contributed by atoms with Gasteiger partial charge in [0.1, 0.15) is 6.04 Å². The van der Waals surface area contributed by atoms with Crippen molar-refractivity contribution in [3.8, 4) is 0 Å². The lowest BCUT2D eigenvalue weighted by Gasteiger charge is -2.20. The molecule has 0 saturated heterocycles. The summed E-state index contributed by atoms with van der Waals surface area (Å²) in [5.41, 5.74) is 2.35. The monoisotopic (exact) mass is 461 g/mol. The minimum atomic E-state index is -1.01. The zero-order valence-corrected chi connectivity index (χ0v) is 19.6. The molecule has 0 heterocycles. The molecule has 0 aliphatic heterocycles. The van der Waals surface area contributed by atoms with Crippen LogP contribution in [0, 0.1) is 0 Å². The first-order chi connectivity index (χ1) is 16.4. The predicted molar refractivity (Wildman–Crippen MR) is 134 cm³/mol. The molecule has 178 valence electrons. The maximum atomic E-state index is 12.8. The number of anilines is 2. The van der Waals surface area contributed by atoms with Gasteiger partial charge in [0.15, 0.2) is 0 Å². The van der Waals surface area contributed by atoms with E-state index < -0.39 is 12.0 Å². The Morgan fingerprint density at radius 1 is 0.882 bits per heavy atom. The van der Waals surface area contributed by atoms with Crippen LogP contribution in [0.15, 0.2) is 60.7 Å². The van der Waals surface area contributed by atoms with E-state index in [0.717, 1.165) is 41.3 Å². The van der Waals surface area contributed by atoms with Crippen LogP contribution in [0.3, 0.4) is 0 Å². The van der Waals surface area contributed by atoms with Gasteiger partial charge in [-0.2, -0.15) is 0 Å². The number of carbonyl (C=O) groups is 3. The van der Waals surface area contributed by atoms with E-state index in [0.29, 0.717) is 18.7 Å². The van der Waals surface area contributed by atoms with Gasteiger partial charge in [-0.15, -0.1) is 0 Å². The van der Waals surface area contributed by atoms with Gasteiger partial charge in [0.25, 0.3) is 0 Å². The number of hydrogen-bond donors (Lipinski definition) is 4. The molecule has 0 saturated carbocycles. The first kappa shape index (κ1) is 24.8. The second-order valence-electron chi connectivity index (χ2n) is 8.25. The van der Waals surface area contributed by atoms with E-state index >= 15 is 0 Å². The lowest BCUT2D eigenvalue weighted by Crippen LogP contribution is -2.47. The van der Waals surface area contributed by atoms with Crippen LogP contribution in [-0.4, -0.2) is 35.5 Å². The maximum Gasteiger partial charge on any atom is 0.337 e. The van der Waals surface area contributed by atoms with Crippen LogP contribution in [0.1, 0.15) is 49.0 Å². The number of hydrogen-bond acceptors (Lipinski definition) is 4. The Morgan fingerprint density at radius 2 is 1.59 bits per heavy atom. The molecule has 3 aromatic rings. The second-order valence-corrected chi connectivity index (χ2v) is 8.25. The van der Waals surface area contributed by atoms with E-state index in [9.17, 15) is 19.5 Å². The zero-order valence-electron chi connectivity index (χ0n) is 19.6. The van der Waals surface area contributed by atoms with Gasteiger partial charge >= 0.3 is 5.97 Å². The molecule has 0 fully saturated rings. The van der Waals surface area contributed by atoms with Gasteiger partial charge in [0.2, 0.25) is 11.8 Å². The van der Waals surface area contributed by atoms with Crippen LogP contribution in [0.5, 0.6) is 0 Å². The number of benzene rings is 3. The Bertz CT molecular complexity index is 1180. The maximum absolute atomic E-state index is 12.8. The number of nitrogens with one attached hydrogen (secondary N) is 3. The van der Waals surface area contributed by atoms with E-state index in [2.05, 4.69) is 22.9 Å². The molecular formula is C27H31N3O4. The van der Waals surface area contributed by atoms with Crippen molar-refractivity contribution in [1.29, 1.82) is 0 Å². The summed E-state index contributed by atoms with van der Waals surface area (Å²) < 4.78 is 0. The molecule has 0 bridgehead atoms. The number of carbonyl (C=O) groups excluding carboxylic acids is 2. The highest BCUT2D eigenvalue weighted by atomic mass is 16.4. The number of carboxylic acids is 1. The summed E-state index contributed by atoms with van der Waals surface area (Å²) in [5.74, 6) is -1.47. The van der Waals surface area contributed by atoms with Crippen molar-refractivity contribution >= 4 is 39.9 Å². The third-order valence-electron chi connectivity index (χ3n) is 5.64. The van der Waals surface area contributed by atoms with Crippen LogP contribution >= 0.6 is 0 Å². The van der Waals surface area contributed by atoms with Crippen LogP contribution < -0.4 is 16.0 Å². The Hall–Kier alpha value is -3.87. The van der Waals surface area contributed by atoms with Crippen molar-refractivity contribution in [1.82, 2.24) is 10.6 Å². The molecule has 1 atom stereocenters. The quantitative estimate of drug-likeness (QED) is 0.311. The zero-order chi connectivity index (χ0) is 24.5. The molecule has 3 rings (SSSR count). The standard InChI is InChI=1S/C27H31N3O4/c1-3-4-9-16-28-26(32)25(29-18(2)31)17-19-14-15-24(21-11-6-5-10-20(19)21)30-23-13-8-7-12-22(23)27(33)34/h5-8,10-15,25,30H,3-4,9,16-17H2,1-2H3,(H,28,32)(H,29,31)(H,33,34). The van der Waals surface area contributed by atoms with Crippen molar-refractivity contribution in [3.05, 3.63) is 71.8 Å². The SMILES string of the molecule is CCCCCNC(=O)C(Cc1ccc(Nc2ccccc2C(=O)O)c2ccccc12)NC(C)=O. The highest BCUT2D eigenvalue weighted by molar-refractivity contribution is 6.01. The summed E-state index contributed by atoms with van der Waals surface area (Å²) in [4.78, 5) is 36.2. The van der Waals surface area contributed by atoms with E-state index in [4.69, 9.17) is 0 Å².